The molecule has 1 aliphatic rings. The van der Waals surface area contributed by atoms with Crippen LogP contribution in [0.5, 0.6) is 0 Å². The minimum Gasteiger partial charge on any atom is -0.378 e. The van der Waals surface area contributed by atoms with E-state index in [1.807, 2.05) is 21.1 Å². The van der Waals surface area contributed by atoms with E-state index >= 15 is 0 Å². The first-order valence-corrected chi connectivity index (χ1v) is 8.44. The fourth-order valence-corrected chi connectivity index (χ4v) is 3.54. The van der Waals surface area contributed by atoms with Gasteiger partial charge in [0.1, 0.15) is 5.82 Å². The second-order valence-electron chi connectivity index (χ2n) is 7.17. The van der Waals surface area contributed by atoms with Crippen molar-refractivity contribution in [3.63, 3.8) is 0 Å². The van der Waals surface area contributed by atoms with E-state index in [9.17, 15) is 4.79 Å². The largest absolute Gasteiger partial charge is 0.378 e. The number of anilines is 2. The number of rotatable bonds is 3. The van der Waals surface area contributed by atoms with Crippen molar-refractivity contribution in [3.8, 4) is 0 Å². The lowest BCUT2D eigenvalue weighted by Crippen LogP contribution is -2.25. The molecule has 24 heavy (non-hydrogen) atoms. The molecule has 0 aliphatic carbocycles. The lowest BCUT2D eigenvalue weighted by Gasteiger charge is -2.27. The van der Waals surface area contributed by atoms with E-state index in [4.69, 9.17) is 0 Å². The summed E-state index contributed by atoms with van der Waals surface area (Å²) in [5, 5.41) is 7.68. The lowest BCUT2D eigenvalue weighted by molar-refractivity contribution is -0.116. The van der Waals surface area contributed by atoms with E-state index in [-0.39, 0.29) is 11.8 Å². The fraction of sp³-hybridized carbons (Fsp3) is 0.474. The smallest absolute Gasteiger partial charge is 0.226 e. The summed E-state index contributed by atoms with van der Waals surface area (Å²) in [5.74, 6) is 1.28. The Hall–Kier alpha value is -2.30. The first-order valence-electron chi connectivity index (χ1n) is 8.44. The zero-order chi connectivity index (χ0) is 17.6. The fourth-order valence-electron chi connectivity index (χ4n) is 3.54. The maximum absolute atomic E-state index is 12.3. The highest BCUT2D eigenvalue weighted by atomic mass is 16.1. The van der Waals surface area contributed by atoms with Crippen molar-refractivity contribution in [1.82, 2.24) is 9.78 Å². The third-order valence-corrected chi connectivity index (χ3v) is 4.80. The molecule has 1 aromatic carbocycles. The molecule has 1 atom stereocenters. The Kier molecular flexibility index (Phi) is 4.11. The van der Waals surface area contributed by atoms with Gasteiger partial charge in [0.2, 0.25) is 5.91 Å². The van der Waals surface area contributed by atoms with Crippen LogP contribution in [-0.4, -0.2) is 29.8 Å². The molecule has 1 N–H and O–H groups in total. The third-order valence-electron chi connectivity index (χ3n) is 4.80. The molecule has 0 radical (unpaired) electrons. The number of hydrogen-bond donors (Lipinski definition) is 1. The molecule has 5 nitrogen and oxygen atoms in total. The highest BCUT2D eigenvalue weighted by Gasteiger charge is 2.34. The number of carbonyl (C=O) groups excluding carboxylic acids is 1. The van der Waals surface area contributed by atoms with Gasteiger partial charge in [0.25, 0.3) is 0 Å². The Morgan fingerprint density at radius 1 is 1.33 bits per heavy atom. The summed E-state index contributed by atoms with van der Waals surface area (Å²) in [7, 11) is 5.98. The van der Waals surface area contributed by atoms with Gasteiger partial charge in [-0.3, -0.25) is 9.48 Å². The van der Waals surface area contributed by atoms with Crippen molar-refractivity contribution >= 4 is 17.4 Å². The number of nitrogens with one attached hydrogen (secondary N) is 1. The van der Waals surface area contributed by atoms with Gasteiger partial charge in [-0.15, -0.1) is 0 Å². The molecule has 0 fully saturated rings. The van der Waals surface area contributed by atoms with E-state index in [1.54, 1.807) is 4.68 Å². The minimum absolute atomic E-state index is 0.0573. The molecule has 2 heterocycles. The number of aryl methyl sites for hydroxylation is 2. The summed E-state index contributed by atoms with van der Waals surface area (Å²) in [6.07, 6.45) is 0.473. The summed E-state index contributed by atoms with van der Waals surface area (Å²) >= 11 is 0. The van der Waals surface area contributed by atoms with Crippen LogP contribution in [0.2, 0.25) is 0 Å². The molecule has 1 aromatic heterocycles. The monoisotopic (exact) mass is 326 g/mol. The maximum Gasteiger partial charge on any atom is 0.226 e. The number of hydrogen-bond acceptors (Lipinski definition) is 3. The van der Waals surface area contributed by atoms with Gasteiger partial charge >= 0.3 is 0 Å². The van der Waals surface area contributed by atoms with Crippen LogP contribution in [0, 0.1) is 6.92 Å². The van der Waals surface area contributed by atoms with E-state index in [2.05, 4.69) is 54.3 Å². The third kappa shape index (κ3) is 2.68. The van der Waals surface area contributed by atoms with Crippen LogP contribution in [0.4, 0.5) is 11.5 Å². The molecule has 0 bridgehead atoms. The van der Waals surface area contributed by atoms with E-state index < -0.39 is 0 Å². The molecule has 1 unspecified atom stereocenters. The number of benzene rings is 1. The molecule has 0 spiro atoms. The Morgan fingerprint density at radius 2 is 2.04 bits per heavy atom. The first kappa shape index (κ1) is 16.6. The average Bonchev–Trinajstić information content (AvgIpc) is 2.84. The summed E-state index contributed by atoms with van der Waals surface area (Å²) in [5.41, 5.74) is 5.85. The zero-order valence-corrected chi connectivity index (χ0v) is 15.3. The Balaban J connectivity index is 2.15. The highest BCUT2D eigenvalue weighted by Crippen LogP contribution is 2.42. The van der Waals surface area contributed by atoms with Gasteiger partial charge in [0, 0.05) is 44.7 Å². The van der Waals surface area contributed by atoms with Crippen LogP contribution < -0.4 is 10.2 Å². The highest BCUT2D eigenvalue weighted by molar-refractivity contribution is 5.94. The van der Waals surface area contributed by atoms with Crippen LogP contribution in [0.25, 0.3) is 0 Å². The normalized spacial score (nSPS) is 17.0. The van der Waals surface area contributed by atoms with Gasteiger partial charge in [-0.1, -0.05) is 19.9 Å². The molecule has 1 aliphatic heterocycles. The Bertz CT molecular complexity index is 789. The molecule has 1 amide bonds. The molecule has 0 saturated carbocycles. The number of nitrogens with zero attached hydrogens (tertiary/aromatic N) is 3. The van der Waals surface area contributed by atoms with Crippen molar-refractivity contribution in [2.75, 3.05) is 24.3 Å². The topological polar surface area (TPSA) is 50.2 Å². The van der Waals surface area contributed by atoms with Crippen molar-refractivity contribution < 1.29 is 4.79 Å². The number of fused-ring (bicyclic) bond motifs is 1. The van der Waals surface area contributed by atoms with E-state index in [1.165, 1.54) is 22.4 Å². The maximum atomic E-state index is 12.3. The predicted molar refractivity (Wildman–Crippen MR) is 97.9 cm³/mol. The number of amides is 1. The average molecular weight is 326 g/mol. The zero-order valence-electron chi connectivity index (χ0n) is 15.3. The quantitative estimate of drug-likeness (QED) is 0.940. The summed E-state index contributed by atoms with van der Waals surface area (Å²) in [4.78, 5) is 14.4. The van der Waals surface area contributed by atoms with Crippen LogP contribution in [-0.2, 0) is 11.8 Å². The van der Waals surface area contributed by atoms with Crippen LogP contribution in [0.1, 0.15) is 54.5 Å². The van der Waals surface area contributed by atoms with Crippen molar-refractivity contribution in [1.29, 1.82) is 0 Å². The molecule has 5 heteroatoms. The molecular formula is C19H26N4O. The van der Waals surface area contributed by atoms with Crippen molar-refractivity contribution in [2.24, 2.45) is 7.05 Å². The van der Waals surface area contributed by atoms with Gasteiger partial charge in [-0.25, -0.2) is 0 Å². The van der Waals surface area contributed by atoms with Crippen LogP contribution >= 0.6 is 0 Å². The van der Waals surface area contributed by atoms with E-state index in [0.29, 0.717) is 12.3 Å². The van der Waals surface area contributed by atoms with Gasteiger partial charge < -0.3 is 10.2 Å². The first-order chi connectivity index (χ1) is 11.3. The van der Waals surface area contributed by atoms with Crippen LogP contribution in [0.3, 0.4) is 0 Å². The number of carbonyl (C=O) groups is 1. The molecule has 0 saturated heterocycles. The van der Waals surface area contributed by atoms with Gasteiger partial charge in [-0.2, -0.15) is 5.10 Å². The molecule has 2 aromatic rings. The predicted octanol–water partition coefficient (Wildman–Crippen LogP) is 3.39. The van der Waals surface area contributed by atoms with Gasteiger partial charge in [0.05, 0.1) is 5.69 Å². The number of aromatic nitrogens is 2. The standard InChI is InChI=1S/C19H26N4O/c1-11(2)18-17-15(10-16(24)20-19(17)23(6)21-18)14-8-7-13(22(4)5)9-12(14)3/h7-9,11,15H,10H2,1-6H3,(H,20,24). The van der Waals surface area contributed by atoms with E-state index in [0.717, 1.165) is 11.5 Å². The van der Waals surface area contributed by atoms with Crippen LogP contribution in [0.15, 0.2) is 18.2 Å². The molecule has 3 rings (SSSR count). The van der Waals surface area contributed by atoms with Gasteiger partial charge in [0.15, 0.2) is 0 Å². The Morgan fingerprint density at radius 3 is 2.62 bits per heavy atom. The summed E-state index contributed by atoms with van der Waals surface area (Å²) in [6.45, 7) is 6.43. The molecular weight excluding hydrogens is 300 g/mol. The SMILES string of the molecule is Cc1cc(N(C)C)ccc1C1CC(=O)Nc2c1c(C(C)C)nn2C. The Labute approximate surface area is 143 Å². The van der Waals surface area contributed by atoms with Crippen molar-refractivity contribution in [2.45, 2.75) is 39.0 Å². The minimum atomic E-state index is 0.0573. The summed E-state index contributed by atoms with van der Waals surface area (Å²) in [6, 6.07) is 6.47. The second kappa shape index (κ2) is 5.96. The summed E-state index contributed by atoms with van der Waals surface area (Å²) < 4.78 is 1.80. The second-order valence-corrected chi connectivity index (χ2v) is 7.17. The molecule has 128 valence electrons. The van der Waals surface area contributed by atoms with Crippen molar-refractivity contribution in [3.05, 3.63) is 40.6 Å². The van der Waals surface area contributed by atoms with Gasteiger partial charge in [-0.05, 0) is 36.1 Å². The lowest BCUT2D eigenvalue weighted by atomic mass is 9.82.